The van der Waals surface area contributed by atoms with Gasteiger partial charge in [0, 0.05) is 37.7 Å². The normalized spacial score (nSPS) is 15.1. The Kier molecular flexibility index (Phi) is 4.09. The Labute approximate surface area is 145 Å². The van der Waals surface area contributed by atoms with Crippen LogP contribution in [0.5, 0.6) is 0 Å². The first-order valence-electron chi connectivity index (χ1n) is 8.27. The van der Waals surface area contributed by atoms with E-state index < -0.39 is 0 Å². The standard InChI is InChI=1S/C18H17N7/c19-11-13-1-4-17(22-12-13)25-9-5-14(6-10-25)23-16-3-2-15-18(24-16)21-8-7-20-15/h1-4,7-8,12,14H,5-6,9-10H2,(H,21,23,24). The fourth-order valence-electron chi connectivity index (χ4n) is 3.04. The molecule has 0 amide bonds. The first-order valence-corrected chi connectivity index (χ1v) is 8.27. The van der Waals surface area contributed by atoms with Gasteiger partial charge in [-0.05, 0) is 37.1 Å². The summed E-state index contributed by atoms with van der Waals surface area (Å²) in [6.45, 7) is 1.84. The number of pyridine rings is 2. The largest absolute Gasteiger partial charge is 0.367 e. The lowest BCUT2D eigenvalue weighted by Gasteiger charge is -2.33. The van der Waals surface area contributed by atoms with E-state index in [1.807, 2.05) is 24.3 Å². The number of hydrogen-bond acceptors (Lipinski definition) is 7. The van der Waals surface area contributed by atoms with Gasteiger partial charge in [0.2, 0.25) is 0 Å². The second-order valence-corrected chi connectivity index (χ2v) is 6.02. The molecular formula is C18H17N7. The number of hydrogen-bond donors (Lipinski definition) is 1. The minimum atomic E-state index is 0.372. The molecule has 1 N–H and O–H groups in total. The van der Waals surface area contributed by atoms with Crippen LogP contribution in [0.4, 0.5) is 11.6 Å². The lowest BCUT2D eigenvalue weighted by Crippen LogP contribution is -2.39. The van der Waals surface area contributed by atoms with Crippen molar-refractivity contribution < 1.29 is 0 Å². The topological polar surface area (TPSA) is 90.6 Å². The van der Waals surface area contributed by atoms with E-state index in [0.717, 1.165) is 43.1 Å². The molecule has 1 fully saturated rings. The molecule has 0 bridgehead atoms. The number of piperidine rings is 1. The summed E-state index contributed by atoms with van der Waals surface area (Å²) in [5.74, 6) is 1.76. The summed E-state index contributed by atoms with van der Waals surface area (Å²) in [6, 6.07) is 10.1. The maximum Gasteiger partial charge on any atom is 0.180 e. The number of rotatable bonds is 3. The van der Waals surface area contributed by atoms with Crippen molar-refractivity contribution in [3.63, 3.8) is 0 Å². The molecular weight excluding hydrogens is 314 g/mol. The SMILES string of the molecule is N#Cc1ccc(N2CCC(Nc3ccc4nccnc4n3)CC2)nc1. The molecule has 0 saturated carbocycles. The Bertz CT molecular complexity index is 909. The van der Waals surface area contributed by atoms with Crippen LogP contribution in [0.25, 0.3) is 11.2 Å². The molecule has 0 radical (unpaired) electrons. The van der Waals surface area contributed by atoms with Gasteiger partial charge in [0.15, 0.2) is 5.65 Å². The van der Waals surface area contributed by atoms with E-state index in [1.54, 1.807) is 18.6 Å². The summed E-state index contributed by atoms with van der Waals surface area (Å²) in [5, 5.41) is 12.3. The van der Waals surface area contributed by atoms with Crippen molar-refractivity contribution in [1.82, 2.24) is 19.9 Å². The lowest BCUT2D eigenvalue weighted by molar-refractivity contribution is 0.522. The predicted octanol–water partition coefficient (Wildman–Crippen LogP) is 2.37. The molecule has 0 aromatic carbocycles. The number of fused-ring (bicyclic) bond motifs is 1. The van der Waals surface area contributed by atoms with Crippen LogP contribution < -0.4 is 10.2 Å². The highest BCUT2D eigenvalue weighted by Gasteiger charge is 2.20. The molecule has 25 heavy (non-hydrogen) atoms. The fraction of sp³-hybridized carbons (Fsp3) is 0.278. The molecule has 7 heteroatoms. The van der Waals surface area contributed by atoms with E-state index in [9.17, 15) is 0 Å². The van der Waals surface area contributed by atoms with E-state index in [0.29, 0.717) is 17.3 Å². The van der Waals surface area contributed by atoms with Crippen molar-refractivity contribution >= 4 is 22.8 Å². The average Bonchev–Trinajstić information content (AvgIpc) is 2.69. The predicted molar refractivity (Wildman–Crippen MR) is 95.1 cm³/mol. The number of nitriles is 1. The molecule has 1 saturated heterocycles. The number of nitrogens with one attached hydrogen (secondary N) is 1. The molecule has 7 nitrogen and oxygen atoms in total. The molecule has 124 valence electrons. The highest BCUT2D eigenvalue weighted by molar-refractivity contribution is 5.71. The summed E-state index contributed by atoms with van der Waals surface area (Å²) >= 11 is 0. The molecule has 1 aliphatic rings. The van der Waals surface area contributed by atoms with Crippen LogP contribution in [0.15, 0.2) is 42.9 Å². The van der Waals surface area contributed by atoms with Gasteiger partial charge in [-0.1, -0.05) is 0 Å². The molecule has 0 spiro atoms. The molecule has 0 unspecified atom stereocenters. The second kappa shape index (κ2) is 6.69. The summed E-state index contributed by atoms with van der Waals surface area (Å²) in [6.07, 6.45) is 6.95. The maximum atomic E-state index is 8.85. The molecule has 3 aromatic heterocycles. The van der Waals surface area contributed by atoms with E-state index in [1.165, 1.54) is 0 Å². The minimum Gasteiger partial charge on any atom is -0.367 e. The maximum absolute atomic E-state index is 8.85. The summed E-state index contributed by atoms with van der Waals surface area (Å²) in [4.78, 5) is 19.6. The Morgan fingerprint density at radius 1 is 1.04 bits per heavy atom. The van der Waals surface area contributed by atoms with Crippen LogP contribution in [-0.4, -0.2) is 39.1 Å². The van der Waals surface area contributed by atoms with E-state index in [2.05, 4.69) is 36.2 Å². The van der Waals surface area contributed by atoms with E-state index in [-0.39, 0.29) is 0 Å². The zero-order chi connectivity index (χ0) is 17.1. The van der Waals surface area contributed by atoms with Crippen molar-refractivity contribution in [1.29, 1.82) is 5.26 Å². The van der Waals surface area contributed by atoms with Crippen molar-refractivity contribution in [2.45, 2.75) is 18.9 Å². The van der Waals surface area contributed by atoms with Gasteiger partial charge in [-0.15, -0.1) is 0 Å². The second-order valence-electron chi connectivity index (χ2n) is 6.02. The zero-order valence-corrected chi connectivity index (χ0v) is 13.6. The van der Waals surface area contributed by atoms with E-state index in [4.69, 9.17) is 5.26 Å². The van der Waals surface area contributed by atoms with Crippen LogP contribution in [-0.2, 0) is 0 Å². The molecule has 1 aliphatic heterocycles. The van der Waals surface area contributed by atoms with Gasteiger partial charge in [-0.25, -0.2) is 15.0 Å². The third kappa shape index (κ3) is 3.33. The first kappa shape index (κ1) is 15.3. The molecule has 3 aromatic rings. The van der Waals surface area contributed by atoms with Crippen molar-refractivity contribution in [3.05, 3.63) is 48.4 Å². The highest BCUT2D eigenvalue weighted by Crippen LogP contribution is 2.20. The summed E-state index contributed by atoms with van der Waals surface area (Å²) in [5.41, 5.74) is 2.05. The van der Waals surface area contributed by atoms with Gasteiger partial charge in [0.05, 0.1) is 5.56 Å². The fourth-order valence-corrected chi connectivity index (χ4v) is 3.04. The van der Waals surface area contributed by atoms with Crippen LogP contribution in [0, 0.1) is 11.3 Å². The van der Waals surface area contributed by atoms with Gasteiger partial charge in [-0.2, -0.15) is 5.26 Å². The minimum absolute atomic E-state index is 0.372. The van der Waals surface area contributed by atoms with Crippen molar-refractivity contribution in [2.24, 2.45) is 0 Å². The molecule has 0 aliphatic carbocycles. The molecule has 4 heterocycles. The van der Waals surface area contributed by atoms with Crippen molar-refractivity contribution in [2.75, 3.05) is 23.3 Å². The molecule has 0 atom stereocenters. The molecule has 4 rings (SSSR count). The van der Waals surface area contributed by atoms with Crippen molar-refractivity contribution in [3.8, 4) is 6.07 Å². The van der Waals surface area contributed by atoms with Gasteiger partial charge >= 0.3 is 0 Å². The van der Waals surface area contributed by atoms with Crippen LogP contribution in [0.3, 0.4) is 0 Å². The third-order valence-corrected chi connectivity index (χ3v) is 4.38. The van der Waals surface area contributed by atoms with E-state index >= 15 is 0 Å². The lowest BCUT2D eigenvalue weighted by atomic mass is 10.0. The van der Waals surface area contributed by atoms with Crippen LogP contribution in [0.1, 0.15) is 18.4 Å². The van der Waals surface area contributed by atoms with Gasteiger partial charge in [0.25, 0.3) is 0 Å². The Morgan fingerprint density at radius 3 is 2.64 bits per heavy atom. The number of nitrogens with zero attached hydrogens (tertiary/aromatic N) is 6. The van der Waals surface area contributed by atoms with Crippen LogP contribution in [0.2, 0.25) is 0 Å². The monoisotopic (exact) mass is 331 g/mol. The quantitative estimate of drug-likeness (QED) is 0.788. The summed E-state index contributed by atoms with van der Waals surface area (Å²) in [7, 11) is 0. The zero-order valence-electron chi connectivity index (χ0n) is 13.6. The van der Waals surface area contributed by atoms with Gasteiger partial charge < -0.3 is 10.2 Å². The Balaban J connectivity index is 1.38. The van der Waals surface area contributed by atoms with Gasteiger partial charge in [0.1, 0.15) is 23.2 Å². The van der Waals surface area contributed by atoms with Gasteiger partial charge in [-0.3, -0.25) is 4.98 Å². The Hall–Kier alpha value is -3.27. The smallest absolute Gasteiger partial charge is 0.180 e. The third-order valence-electron chi connectivity index (χ3n) is 4.38. The summed E-state index contributed by atoms with van der Waals surface area (Å²) < 4.78 is 0. The Morgan fingerprint density at radius 2 is 1.88 bits per heavy atom. The van der Waals surface area contributed by atoms with Crippen LogP contribution >= 0.6 is 0 Å². The number of aromatic nitrogens is 4. The average molecular weight is 331 g/mol. The number of anilines is 2. The highest BCUT2D eigenvalue weighted by atomic mass is 15.2. The first-order chi connectivity index (χ1) is 12.3.